The molecule has 1 aliphatic rings. The summed E-state index contributed by atoms with van der Waals surface area (Å²) in [6.45, 7) is 0.258. The Bertz CT molecular complexity index is 583. The molecule has 0 radical (unpaired) electrons. The van der Waals surface area contributed by atoms with Gasteiger partial charge in [0.05, 0.1) is 0 Å². The molecule has 24 heavy (non-hydrogen) atoms. The zero-order valence-electron chi connectivity index (χ0n) is 13.5. The van der Waals surface area contributed by atoms with Crippen molar-refractivity contribution in [3.05, 3.63) is 30.3 Å². The standard InChI is InChI=1S/C16H21N3O3S2/c1-23-9-7-13-15(21)19(16(22)18-13)11-14(20)17-8-10-24-12-5-3-2-4-6-12/h2-6,13H,7-11H2,1H3,(H,17,20)(H,18,22). The number of hydrogen-bond donors (Lipinski definition) is 2. The van der Waals surface area contributed by atoms with Crippen molar-refractivity contribution in [3.63, 3.8) is 0 Å². The molecule has 1 fully saturated rings. The summed E-state index contributed by atoms with van der Waals surface area (Å²) in [6, 6.07) is 8.91. The SMILES string of the molecule is CSCCC1NC(=O)N(CC(=O)NCCSc2ccccc2)C1=O. The summed E-state index contributed by atoms with van der Waals surface area (Å²) in [7, 11) is 0. The molecular formula is C16H21N3O3S2. The summed E-state index contributed by atoms with van der Waals surface area (Å²) >= 11 is 3.25. The van der Waals surface area contributed by atoms with Crippen molar-refractivity contribution in [2.24, 2.45) is 0 Å². The molecule has 4 amide bonds. The van der Waals surface area contributed by atoms with Crippen LogP contribution in [0.5, 0.6) is 0 Å². The van der Waals surface area contributed by atoms with Crippen molar-refractivity contribution in [2.45, 2.75) is 17.4 Å². The fraction of sp³-hybridized carbons (Fsp3) is 0.438. The van der Waals surface area contributed by atoms with Gasteiger partial charge < -0.3 is 10.6 Å². The molecular weight excluding hydrogens is 346 g/mol. The Morgan fingerprint density at radius 1 is 1.25 bits per heavy atom. The van der Waals surface area contributed by atoms with Crippen molar-refractivity contribution in [1.82, 2.24) is 15.5 Å². The molecule has 1 atom stereocenters. The van der Waals surface area contributed by atoms with E-state index < -0.39 is 12.1 Å². The Balaban J connectivity index is 1.70. The molecule has 0 spiro atoms. The highest BCUT2D eigenvalue weighted by atomic mass is 32.2. The number of nitrogens with zero attached hydrogens (tertiary/aromatic N) is 1. The van der Waals surface area contributed by atoms with Crippen molar-refractivity contribution < 1.29 is 14.4 Å². The number of carbonyl (C=O) groups is 3. The van der Waals surface area contributed by atoms with E-state index >= 15 is 0 Å². The number of benzene rings is 1. The van der Waals surface area contributed by atoms with Crippen molar-refractivity contribution >= 4 is 41.4 Å². The number of hydrogen-bond acceptors (Lipinski definition) is 5. The normalized spacial score (nSPS) is 17.0. The fourth-order valence-corrected chi connectivity index (χ4v) is 3.49. The summed E-state index contributed by atoms with van der Waals surface area (Å²) in [5.41, 5.74) is 0. The third kappa shape index (κ3) is 5.45. The van der Waals surface area contributed by atoms with Gasteiger partial charge in [-0.2, -0.15) is 11.8 Å². The maximum absolute atomic E-state index is 12.1. The lowest BCUT2D eigenvalue weighted by Crippen LogP contribution is -2.41. The molecule has 1 aromatic carbocycles. The van der Waals surface area contributed by atoms with E-state index in [1.54, 1.807) is 23.5 Å². The number of thioether (sulfide) groups is 2. The minimum absolute atomic E-state index is 0.226. The lowest BCUT2D eigenvalue weighted by molar-refractivity contribution is -0.132. The second kappa shape index (κ2) is 9.58. The van der Waals surface area contributed by atoms with Gasteiger partial charge in [0.25, 0.3) is 5.91 Å². The van der Waals surface area contributed by atoms with Crippen LogP contribution in [0.2, 0.25) is 0 Å². The van der Waals surface area contributed by atoms with Gasteiger partial charge in [0, 0.05) is 17.2 Å². The number of rotatable bonds is 9. The number of nitrogens with one attached hydrogen (secondary N) is 2. The molecule has 0 aliphatic carbocycles. The molecule has 2 N–H and O–H groups in total. The molecule has 0 aromatic heterocycles. The Hall–Kier alpha value is -1.67. The fourth-order valence-electron chi connectivity index (χ4n) is 2.23. The first-order valence-electron chi connectivity index (χ1n) is 7.67. The molecule has 2 rings (SSSR count). The average Bonchev–Trinajstić information content (AvgIpc) is 2.85. The van der Waals surface area contributed by atoms with E-state index in [1.165, 1.54) is 0 Å². The van der Waals surface area contributed by atoms with E-state index in [1.807, 2.05) is 36.6 Å². The maximum atomic E-state index is 12.1. The zero-order chi connectivity index (χ0) is 17.4. The van der Waals surface area contributed by atoms with Crippen molar-refractivity contribution in [1.29, 1.82) is 0 Å². The van der Waals surface area contributed by atoms with E-state index in [4.69, 9.17) is 0 Å². The average molecular weight is 367 g/mol. The predicted octanol–water partition coefficient (Wildman–Crippen LogP) is 1.57. The highest BCUT2D eigenvalue weighted by Gasteiger charge is 2.38. The van der Waals surface area contributed by atoms with Crippen LogP contribution in [0.25, 0.3) is 0 Å². The van der Waals surface area contributed by atoms with E-state index in [0.29, 0.717) is 13.0 Å². The number of carbonyl (C=O) groups excluding carboxylic acids is 3. The first-order valence-corrected chi connectivity index (χ1v) is 10.0. The smallest absolute Gasteiger partial charge is 0.325 e. The maximum Gasteiger partial charge on any atom is 0.325 e. The Morgan fingerprint density at radius 2 is 2.00 bits per heavy atom. The van der Waals surface area contributed by atoms with Crippen LogP contribution < -0.4 is 10.6 Å². The number of imide groups is 1. The van der Waals surface area contributed by atoms with E-state index in [9.17, 15) is 14.4 Å². The van der Waals surface area contributed by atoms with Gasteiger partial charge >= 0.3 is 6.03 Å². The van der Waals surface area contributed by atoms with Crippen molar-refractivity contribution in [3.8, 4) is 0 Å². The van der Waals surface area contributed by atoms with E-state index in [0.717, 1.165) is 21.3 Å². The summed E-state index contributed by atoms with van der Waals surface area (Å²) in [5.74, 6) is 0.875. The van der Waals surface area contributed by atoms with E-state index in [-0.39, 0.29) is 18.4 Å². The zero-order valence-corrected chi connectivity index (χ0v) is 15.1. The van der Waals surface area contributed by atoms with Crippen molar-refractivity contribution in [2.75, 3.05) is 30.9 Å². The van der Waals surface area contributed by atoms with Crippen LogP contribution >= 0.6 is 23.5 Å². The summed E-state index contributed by atoms with van der Waals surface area (Å²) in [6.07, 6.45) is 2.53. The Kier molecular flexibility index (Phi) is 7.45. The van der Waals surface area contributed by atoms with Crippen LogP contribution in [0.1, 0.15) is 6.42 Å². The summed E-state index contributed by atoms with van der Waals surface area (Å²) in [5, 5.41) is 5.36. The molecule has 0 bridgehead atoms. The van der Waals surface area contributed by atoms with Crippen LogP contribution in [0, 0.1) is 0 Å². The second-order valence-electron chi connectivity index (χ2n) is 5.22. The third-order valence-corrected chi connectivity index (χ3v) is 5.11. The van der Waals surface area contributed by atoms with Gasteiger partial charge in [-0.3, -0.25) is 14.5 Å². The van der Waals surface area contributed by atoms with Gasteiger partial charge in [0.1, 0.15) is 12.6 Å². The van der Waals surface area contributed by atoms with Crippen LogP contribution in [0.4, 0.5) is 4.79 Å². The Labute approximate surface area is 150 Å². The van der Waals surface area contributed by atoms with Gasteiger partial charge in [0.2, 0.25) is 5.91 Å². The highest BCUT2D eigenvalue weighted by molar-refractivity contribution is 7.99. The van der Waals surface area contributed by atoms with Gasteiger partial charge in [-0.25, -0.2) is 4.79 Å². The predicted molar refractivity (Wildman–Crippen MR) is 97.2 cm³/mol. The molecule has 1 aliphatic heterocycles. The topological polar surface area (TPSA) is 78.5 Å². The Morgan fingerprint density at radius 3 is 2.71 bits per heavy atom. The number of amides is 4. The summed E-state index contributed by atoms with van der Waals surface area (Å²) < 4.78 is 0. The van der Waals surface area contributed by atoms with E-state index in [2.05, 4.69) is 10.6 Å². The van der Waals surface area contributed by atoms with Gasteiger partial charge in [-0.1, -0.05) is 18.2 Å². The quantitative estimate of drug-likeness (QED) is 0.393. The molecule has 8 heteroatoms. The van der Waals surface area contributed by atoms with Crippen LogP contribution in [0.15, 0.2) is 35.2 Å². The summed E-state index contributed by atoms with van der Waals surface area (Å²) in [4.78, 5) is 38.0. The minimum atomic E-state index is -0.508. The molecule has 1 aromatic rings. The molecule has 0 saturated carbocycles. The largest absolute Gasteiger partial charge is 0.354 e. The lowest BCUT2D eigenvalue weighted by atomic mass is 10.2. The lowest BCUT2D eigenvalue weighted by Gasteiger charge is -2.13. The van der Waals surface area contributed by atoms with Gasteiger partial charge in [-0.05, 0) is 30.6 Å². The monoisotopic (exact) mass is 367 g/mol. The minimum Gasteiger partial charge on any atom is -0.354 e. The molecule has 1 heterocycles. The highest BCUT2D eigenvalue weighted by Crippen LogP contribution is 2.15. The van der Waals surface area contributed by atoms with Gasteiger partial charge in [0.15, 0.2) is 0 Å². The molecule has 130 valence electrons. The third-order valence-electron chi connectivity index (χ3n) is 3.46. The molecule has 6 nitrogen and oxygen atoms in total. The first-order chi connectivity index (χ1) is 11.6. The first kappa shape index (κ1) is 18.7. The number of urea groups is 1. The second-order valence-corrected chi connectivity index (χ2v) is 7.37. The molecule has 1 saturated heterocycles. The van der Waals surface area contributed by atoms with Crippen LogP contribution in [0.3, 0.4) is 0 Å². The van der Waals surface area contributed by atoms with Crippen LogP contribution in [-0.2, 0) is 9.59 Å². The van der Waals surface area contributed by atoms with Crippen LogP contribution in [-0.4, -0.2) is 59.6 Å². The molecule has 1 unspecified atom stereocenters. The van der Waals surface area contributed by atoms with Gasteiger partial charge in [-0.15, -0.1) is 11.8 Å².